The highest BCUT2D eigenvalue weighted by molar-refractivity contribution is 7.17. The number of nitrogens with one attached hydrogen (secondary N) is 1. The van der Waals surface area contributed by atoms with Gasteiger partial charge in [-0.05, 0) is 61.4 Å². The van der Waals surface area contributed by atoms with Crippen LogP contribution in [0.5, 0.6) is 5.75 Å². The lowest BCUT2D eigenvalue weighted by atomic mass is 9.95. The number of hydrogen-bond donors (Lipinski definition) is 2. The van der Waals surface area contributed by atoms with E-state index in [0.717, 1.165) is 48.3 Å². The number of fused-ring (bicyclic) bond motifs is 1. The third-order valence-electron chi connectivity index (χ3n) is 4.67. The molecule has 6 nitrogen and oxygen atoms in total. The summed E-state index contributed by atoms with van der Waals surface area (Å²) < 4.78 is 5.54. The second kappa shape index (κ2) is 9.39. The molecule has 3 N–H and O–H groups in total. The molecule has 0 spiro atoms. The van der Waals surface area contributed by atoms with Crippen LogP contribution in [0.3, 0.4) is 0 Å². The normalized spacial score (nSPS) is 13.3. The number of carbonyl (C=O) groups is 2. The molecule has 2 amide bonds. The largest absolute Gasteiger partial charge is 0.494 e. The Morgan fingerprint density at radius 1 is 1.28 bits per heavy atom. The molecule has 7 heteroatoms. The zero-order chi connectivity index (χ0) is 20.8. The van der Waals surface area contributed by atoms with Gasteiger partial charge in [-0.3, -0.25) is 9.59 Å². The second-order valence-electron chi connectivity index (χ2n) is 6.82. The molecule has 1 aromatic heterocycles. The van der Waals surface area contributed by atoms with Gasteiger partial charge in [-0.2, -0.15) is 5.26 Å². The van der Waals surface area contributed by atoms with Crippen LogP contribution in [-0.4, -0.2) is 18.4 Å². The number of primary amides is 1. The second-order valence-corrected chi connectivity index (χ2v) is 7.93. The zero-order valence-corrected chi connectivity index (χ0v) is 17.1. The molecule has 0 fully saturated rings. The predicted octanol–water partition coefficient (Wildman–Crippen LogP) is 4.06. The van der Waals surface area contributed by atoms with Crippen molar-refractivity contribution in [2.75, 3.05) is 11.9 Å². The van der Waals surface area contributed by atoms with Gasteiger partial charge in [0.25, 0.3) is 11.8 Å². The van der Waals surface area contributed by atoms with Gasteiger partial charge in [-0.25, -0.2) is 0 Å². The van der Waals surface area contributed by atoms with Crippen molar-refractivity contribution in [2.45, 2.75) is 39.0 Å². The topological polar surface area (TPSA) is 105 Å². The Labute approximate surface area is 174 Å². The standard InChI is InChI=1S/C22H23N3O3S/c1-2-11-28-16-9-7-14(8-10-16)12-15(13-23)21(27)25-22-19(20(24)26)17-5-3-4-6-18(17)29-22/h7-10,12H,2-6,11H2,1H3,(H2,24,26)(H,25,27)/b15-12+. The van der Waals surface area contributed by atoms with Gasteiger partial charge in [0.15, 0.2) is 0 Å². The van der Waals surface area contributed by atoms with Crippen LogP contribution in [-0.2, 0) is 17.6 Å². The van der Waals surface area contributed by atoms with E-state index in [0.29, 0.717) is 22.7 Å². The Balaban J connectivity index is 1.80. The molecule has 29 heavy (non-hydrogen) atoms. The van der Waals surface area contributed by atoms with E-state index >= 15 is 0 Å². The number of amides is 2. The molecule has 2 aromatic rings. The number of anilines is 1. The lowest BCUT2D eigenvalue weighted by Gasteiger charge is -2.11. The summed E-state index contributed by atoms with van der Waals surface area (Å²) in [7, 11) is 0. The lowest BCUT2D eigenvalue weighted by Crippen LogP contribution is -2.19. The van der Waals surface area contributed by atoms with E-state index in [4.69, 9.17) is 10.5 Å². The smallest absolute Gasteiger partial charge is 0.266 e. The number of benzene rings is 1. The highest BCUT2D eigenvalue weighted by Crippen LogP contribution is 2.38. The fraction of sp³-hybridized carbons (Fsp3) is 0.318. The van der Waals surface area contributed by atoms with Crippen molar-refractivity contribution in [2.24, 2.45) is 5.73 Å². The number of hydrogen-bond acceptors (Lipinski definition) is 5. The molecule has 1 heterocycles. The molecule has 0 aliphatic heterocycles. The maximum Gasteiger partial charge on any atom is 0.266 e. The molecule has 0 radical (unpaired) electrons. The van der Waals surface area contributed by atoms with Crippen molar-refractivity contribution in [3.05, 3.63) is 51.4 Å². The number of nitrogens with two attached hydrogens (primary N) is 1. The third kappa shape index (κ3) is 4.84. The molecular weight excluding hydrogens is 386 g/mol. The van der Waals surface area contributed by atoms with Gasteiger partial charge in [0.05, 0.1) is 12.2 Å². The molecule has 1 aliphatic rings. The van der Waals surface area contributed by atoms with Gasteiger partial charge >= 0.3 is 0 Å². The highest BCUT2D eigenvalue weighted by atomic mass is 32.1. The number of carbonyl (C=O) groups excluding carboxylic acids is 2. The van der Waals surface area contributed by atoms with Gasteiger partial charge < -0.3 is 15.8 Å². The Hall–Kier alpha value is -3.11. The van der Waals surface area contributed by atoms with E-state index in [1.807, 2.05) is 13.0 Å². The average molecular weight is 410 g/mol. The van der Waals surface area contributed by atoms with Crippen molar-refractivity contribution in [1.82, 2.24) is 0 Å². The van der Waals surface area contributed by atoms with Gasteiger partial charge in [-0.15, -0.1) is 11.3 Å². The van der Waals surface area contributed by atoms with Crippen molar-refractivity contribution in [3.63, 3.8) is 0 Å². The first kappa shape index (κ1) is 20.6. The molecular formula is C22H23N3O3S. The highest BCUT2D eigenvalue weighted by Gasteiger charge is 2.25. The summed E-state index contributed by atoms with van der Waals surface area (Å²) in [4.78, 5) is 25.7. The monoisotopic (exact) mass is 409 g/mol. The van der Waals surface area contributed by atoms with Crippen molar-refractivity contribution in [3.8, 4) is 11.8 Å². The van der Waals surface area contributed by atoms with Crippen LogP contribution >= 0.6 is 11.3 Å². The molecule has 0 saturated carbocycles. The van der Waals surface area contributed by atoms with Crippen LogP contribution in [0.25, 0.3) is 6.08 Å². The molecule has 1 aromatic carbocycles. The van der Waals surface area contributed by atoms with E-state index < -0.39 is 11.8 Å². The van der Waals surface area contributed by atoms with Gasteiger partial charge in [0, 0.05) is 4.88 Å². The molecule has 0 atom stereocenters. The average Bonchev–Trinajstić information content (AvgIpc) is 3.09. The lowest BCUT2D eigenvalue weighted by molar-refractivity contribution is -0.112. The van der Waals surface area contributed by atoms with Crippen molar-refractivity contribution in [1.29, 1.82) is 5.26 Å². The zero-order valence-electron chi connectivity index (χ0n) is 16.3. The number of rotatable bonds is 7. The minimum Gasteiger partial charge on any atom is -0.494 e. The number of nitriles is 1. The molecule has 0 saturated heterocycles. The number of aryl methyl sites for hydroxylation is 1. The summed E-state index contributed by atoms with van der Waals surface area (Å²) in [6, 6.07) is 9.11. The maximum atomic E-state index is 12.7. The fourth-order valence-electron chi connectivity index (χ4n) is 3.28. The Kier molecular flexibility index (Phi) is 6.68. The molecule has 0 unspecified atom stereocenters. The summed E-state index contributed by atoms with van der Waals surface area (Å²) in [5.74, 6) is -0.369. The number of thiophene rings is 1. The van der Waals surface area contributed by atoms with E-state index in [1.165, 1.54) is 17.4 Å². The summed E-state index contributed by atoms with van der Waals surface area (Å²) in [6.45, 7) is 2.66. The minimum absolute atomic E-state index is 0.0472. The number of nitrogens with zero attached hydrogens (tertiary/aromatic N) is 1. The first-order chi connectivity index (χ1) is 14.0. The van der Waals surface area contributed by atoms with E-state index in [9.17, 15) is 14.9 Å². The summed E-state index contributed by atoms with van der Waals surface area (Å²) in [5.41, 5.74) is 7.55. The maximum absolute atomic E-state index is 12.7. The van der Waals surface area contributed by atoms with Crippen molar-refractivity contribution >= 4 is 34.2 Å². The van der Waals surface area contributed by atoms with Crippen LogP contribution in [0.4, 0.5) is 5.00 Å². The Morgan fingerprint density at radius 3 is 2.66 bits per heavy atom. The Bertz CT molecular complexity index is 984. The summed E-state index contributed by atoms with van der Waals surface area (Å²) >= 11 is 1.38. The van der Waals surface area contributed by atoms with Crippen molar-refractivity contribution < 1.29 is 14.3 Å². The van der Waals surface area contributed by atoms with E-state index in [1.54, 1.807) is 24.3 Å². The molecule has 0 bridgehead atoms. The molecule has 1 aliphatic carbocycles. The molecule has 150 valence electrons. The first-order valence-corrected chi connectivity index (χ1v) is 10.5. The minimum atomic E-state index is -0.556. The first-order valence-electron chi connectivity index (χ1n) is 9.63. The summed E-state index contributed by atoms with van der Waals surface area (Å²) in [5, 5.41) is 12.6. The van der Waals surface area contributed by atoms with Gasteiger partial charge in [0.2, 0.25) is 0 Å². The SMILES string of the molecule is CCCOc1ccc(/C=C(\C#N)C(=O)Nc2sc3c(c2C(N)=O)CCCC3)cc1. The Morgan fingerprint density at radius 2 is 2.00 bits per heavy atom. The third-order valence-corrected chi connectivity index (χ3v) is 5.88. The molecule has 3 rings (SSSR count). The quantitative estimate of drug-likeness (QED) is 0.531. The van der Waals surface area contributed by atoms with E-state index in [2.05, 4.69) is 5.32 Å². The van der Waals surface area contributed by atoms with Crippen LogP contribution in [0.15, 0.2) is 29.8 Å². The fourth-order valence-corrected chi connectivity index (χ4v) is 4.57. The van der Waals surface area contributed by atoms with Crippen LogP contribution in [0.1, 0.15) is 52.5 Å². The van der Waals surface area contributed by atoms with Crippen LogP contribution in [0.2, 0.25) is 0 Å². The van der Waals surface area contributed by atoms with Gasteiger partial charge in [0.1, 0.15) is 22.4 Å². The van der Waals surface area contributed by atoms with E-state index in [-0.39, 0.29) is 5.57 Å². The number of ether oxygens (including phenoxy) is 1. The van der Waals surface area contributed by atoms with Crippen LogP contribution in [0, 0.1) is 11.3 Å². The van der Waals surface area contributed by atoms with Gasteiger partial charge in [-0.1, -0.05) is 19.1 Å². The van der Waals surface area contributed by atoms with Crippen LogP contribution < -0.4 is 15.8 Å². The predicted molar refractivity (Wildman–Crippen MR) is 114 cm³/mol. The summed E-state index contributed by atoms with van der Waals surface area (Å²) in [6.07, 6.45) is 6.15.